The molecule has 0 radical (unpaired) electrons. The van der Waals surface area contributed by atoms with E-state index in [9.17, 15) is 18.5 Å². The lowest BCUT2D eigenvalue weighted by atomic mass is 10.1. The summed E-state index contributed by atoms with van der Waals surface area (Å²) in [7, 11) is -4.22. The molecule has 1 aliphatic heterocycles. The monoisotopic (exact) mass is 405 g/mol. The molecule has 0 aromatic heterocycles. The number of hydrogen-bond acceptors (Lipinski definition) is 6. The molecule has 9 heteroatoms. The fourth-order valence-corrected chi connectivity index (χ4v) is 3.45. The zero-order chi connectivity index (χ0) is 20.3. The number of benzene rings is 2. The van der Waals surface area contributed by atoms with Gasteiger partial charge in [-0.3, -0.25) is 14.7 Å². The van der Waals surface area contributed by atoms with Crippen molar-refractivity contribution in [1.29, 1.82) is 0 Å². The van der Waals surface area contributed by atoms with Crippen LogP contribution in [0, 0.1) is 10.1 Å². The smallest absolute Gasteiger partial charge is 0.294 e. The summed E-state index contributed by atoms with van der Waals surface area (Å²) in [5.41, 5.74) is 1.18. The molecule has 0 spiro atoms. The Hall–Kier alpha value is -2.91. The molecule has 0 saturated heterocycles. The van der Waals surface area contributed by atoms with Crippen LogP contribution in [-0.2, 0) is 16.5 Å². The van der Waals surface area contributed by atoms with E-state index in [1.807, 2.05) is 0 Å². The SMILES string of the molecule is CC=Cc1c([N+](=O)[O-])ccc2c1OC(CCc1ccc(S(=O)(=O)O)cc1)CO2. The van der Waals surface area contributed by atoms with Crippen LogP contribution in [0.15, 0.2) is 47.4 Å². The van der Waals surface area contributed by atoms with E-state index in [2.05, 4.69) is 0 Å². The van der Waals surface area contributed by atoms with E-state index in [0.29, 0.717) is 36.5 Å². The maximum atomic E-state index is 11.3. The van der Waals surface area contributed by atoms with Gasteiger partial charge in [-0.1, -0.05) is 18.2 Å². The summed E-state index contributed by atoms with van der Waals surface area (Å²) < 4.78 is 42.9. The molecule has 0 aliphatic carbocycles. The van der Waals surface area contributed by atoms with Gasteiger partial charge >= 0.3 is 0 Å². The van der Waals surface area contributed by atoms with E-state index >= 15 is 0 Å². The first kappa shape index (κ1) is 19.8. The van der Waals surface area contributed by atoms with Gasteiger partial charge in [0, 0.05) is 6.07 Å². The molecule has 0 bridgehead atoms. The summed E-state index contributed by atoms with van der Waals surface area (Å²) in [4.78, 5) is 10.7. The number of nitro benzene ring substituents is 1. The Kier molecular flexibility index (Phi) is 5.66. The van der Waals surface area contributed by atoms with Crippen molar-refractivity contribution in [1.82, 2.24) is 0 Å². The lowest BCUT2D eigenvalue weighted by Crippen LogP contribution is -2.30. The summed E-state index contributed by atoms with van der Waals surface area (Å²) in [5.74, 6) is 0.817. The van der Waals surface area contributed by atoms with Crippen LogP contribution in [0.3, 0.4) is 0 Å². The quantitative estimate of drug-likeness (QED) is 0.443. The van der Waals surface area contributed by atoms with E-state index in [-0.39, 0.29) is 16.7 Å². The van der Waals surface area contributed by atoms with Gasteiger partial charge < -0.3 is 9.47 Å². The summed E-state index contributed by atoms with van der Waals surface area (Å²) in [6, 6.07) is 8.85. The van der Waals surface area contributed by atoms with E-state index in [1.165, 1.54) is 24.3 Å². The van der Waals surface area contributed by atoms with E-state index < -0.39 is 15.0 Å². The number of ether oxygens (including phenoxy) is 2. The number of nitrogens with zero attached hydrogens (tertiary/aromatic N) is 1. The van der Waals surface area contributed by atoms with Crippen LogP contribution in [0.2, 0.25) is 0 Å². The summed E-state index contributed by atoms with van der Waals surface area (Å²) in [5, 5.41) is 11.3. The van der Waals surface area contributed by atoms with Crippen molar-refractivity contribution in [3.8, 4) is 11.5 Å². The van der Waals surface area contributed by atoms with Gasteiger partial charge in [-0.25, -0.2) is 0 Å². The Morgan fingerprint density at radius 3 is 2.57 bits per heavy atom. The van der Waals surface area contributed by atoms with Crippen molar-refractivity contribution in [3.63, 3.8) is 0 Å². The van der Waals surface area contributed by atoms with Crippen LogP contribution in [0.25, 0.3) is 6.08 Å². The molecule has 1 atom stereocenters. The van der Waals surface area contributed by atoms with E-state index in [4.69, 9.17) is 14.0 Å². The van der Waals surface area contributed by atoms with Crippen molar-refractivity contribution in [2.75, 3.05) is 6.61 Å². The van der Waals surface area contributed by atoms with Crippen molar-refractivity contribution < 1.29 is 27.4 Å². The highest BCUT2D eigenvalue weighted by Gasteiger charge is 2.28. The predicted octanol–water partition coefficient (Wildman–Crippen LogP) is 3.65. The highest BCUT2D eigenvalue weighted by molar-refractivity contribution is 7.85. The standard InChI is InChI=1S/C19H19NO7S/c1-2-3-16-17(20(21)22)10-11-18-19(16)27-14(12-26-18)7-4-13-5-8-15(9-6-13)28(23,24)25/h2-3,5-6,8-11,14H,4,7,12H2,1H3,(H,23,24,25). The Balaban J connectivity index is 1.74. The first-order chi connectivity index (χ1) is 13.3. The number of aryl methyl sites for hydroxylation is 1. The molecule has 1 aliphatic rings. The Labute approximate surface area is 162 Å². The predicted molar refractivity (Wildman–Crippen MR) is 102 cm³/mol. The lowest BCUT2D eigenvalue weighted by molar-refractivity contribution is -0.385. The van der Waals surface area contributed by atoms with Gasteiger partial charge in [-0.2, -0.15) is 8.42 Å². The molecule has 1 unspecified atom stereocenters. The first-order valence-electron chi connectivity index (χ1n) is 8.59. The second-order valence-corrected chi connectivity index (χ2v) is 7.71. The van der Waals surface area contributed by atoms with Crippen molar-refractivity contribution in [2.24, 2.45) is 0 Å². The third-order valence-corrected chi connectivity index (χ3v) is 5.22. The van der Waals surface area contributed by atoms with Crippen LogP contribution < -0.4 is 9.47 Å². The molecule has 2 aromatic rings. The molecule has 0 amide bonds. The molecule has 2 aromatic carbocycles. The number of fused-ring (bicyclic) bond motifs is 1. The van der Waals surface area contributed by atoms with E-state index in [1.54, 1.807) is 31.2 Å². The average Bonchev–Trinajstić information content (AvgIpc) is 2.66. The van der Waals surface area contributed by atoms with E-state index in [0.717, 1.165) is 5.56 Å². The van der Waals surface area contributed by atoms with Crippen LogP contribution >= 0.6 is 0 Å². The zero-order valence-corrected chi connectivity index (χ0v) is 15.9. The molecule has 0 saturated carbocycles. The van der Waals surface area contributed by atoms with Crippen LogP contribution in [0.5, 0.6) is 11.5 Å². The fraction of sp³-hybridized carbons (Fsp3) is 0.263. The first-order valence-corrected chi connectivity index (χ1v) is 10.0. The minimum atomic E-state index is -4.22. The van der Waals surface area contributed by atoms with Gasteiger partial charge in [-0.05, 0) is 49.6 Å². The normalized spacial score (nSPS) is 16.3. The molecule has 1 heterocycles. The molecule has 148 valence electrons. The second-order valence-electron chi connectivity index (χ2n) is 6.29. The minimum absolute atomic E-state index is 0.0538. The molecule has 1 N–H and O–H groups in total. The highest BCUT2D eigenvalue weighted by atomic mass is 32.2. The van der Waals surface area contributed by atoms with Crippen molar-refractivity contribution in [2.45, 2.75) is 30.8 Å². The van der Waals surface area contributed by atoms with Crippen molar-refractivity contribution >= 4 is 21.9 Å². The number of nitro groups is 1. The fourth-order valence-electron chi connectivity index (χ4n) is 2.97. The topological polar surface area (TPSA) is 116 Å². The summed E-state index contributed by atoms with van der Waals surface area (Å²) in [6.07, 6.45) is 4.18. The van der Waals surface area contributed by atoms with Crippen molar-refractivity contribution in [3.05, 3.63) is 63.7 Å². The maximum absolute atomic E-state index is 11.3. The highest BCUT2D eigenvalue weighted by Crippen LogP contribution is 2.41. The Morgan fingerprint density at radius 2 is 1.96 bits per heavy atom. The molecular formula is C19H19NO7S. The minimum Gasteiger partial charge on any atom is -0.486 e. The maximum Gasteiger partial charge on any atom is 0.294 e. The van der Waals surface area contributed by atoms with Gasteiger partial charge in [0.1, 0.15) is 12.7 Å². The summed E-state index contributed by atoms with van der Waals surface area (Å²) in [6.45, 7) is 2.07. The van der Waals surface area contributed by atoms with Gasteiger partial charge in [-0.15, -0.1) is 0 Å². The van der Waals surface area contributed by atoms with Crippen LogP contribution in [0.1, 0.15) is 24.5 Å². The molecule has 28 heavy (non-hydrogen) atoms. The molecule has 8 nitrogen and oxygen atoms in total. The van der Waals surface area contributed by atoms with Gasteiger partial charge in [0.25, 0.3) is 15.8 Å². The Morgan fingerprint density at radius 1 is 1.25 bits per heavy atom. The number of allylic oxidation sites excluding steroid dienone is 1. The molecule has 3 rings (SSSR count). The third-order valence-electron chi connectivity index (χ3n) is 4.35. The Bertz CT molecular complexity index is 1010. The van der Waals surface area contributed by atoms with Gasteiger partial charge in [0.15, 0.2) is 11.5 Å². The summed E-state index contributed by atoms with van der Waals surface area (Å²) >= 11 is 0. The molecular weight excluding hydrogens is 386 g/mol. The van der Waals surface area contributed by atoms with Crippen LogP contribution in [0.4, 0.5) is 5.69 Å². The van der Waals surface area contributed by atoms with Crippen LogP contribution in [-0.4, -0.2) is 30.6 Å². The van der Waals surface area contributed by atoms with Gasteiger partial charge in [0.05, 0.1) is 15.4 Å². The largest absolute Gasteiger partial charge is 0.486 e. The average molecular weight is 405 g/mol. The number of rotatable bonds is 6. The molecule has 0 fully saturated rings. The van der Waals surface area contributed by atoms with Gasteiger partial charge in [0.2, 0.25) is 0 Å². The number of hydrogen-bond donors (Lipinski definition) is 1. The second kappa shape index (κ2) is 7.99. The third kappa shape index (κ3) is 4.32. The lowest BCUT2D eigenvalue weighted by Gasteiger charge is -2.27. The zero-order valence-electron chi connectivity index (χ0n) is 15.1.